The average Bonchev–Trinajstić information content (AvgIpc) is 2.44. The molecule has 0 bridgehead atoms. The molecule has 0 radical (unpaired) electrons. The van der Waals surface area contributed by atoms with Gasteiger partial charge in [0.25, 0.3) is 0 Å². The molecule has 0 saturated heterocycles. The molecule has 1 rings (SSSR count). The van der Waals surface area contributed by atoms with Gasteiger partial charge in [0, 0.05) is 25.5 Å². The maximum Gasteiger partial charge on any atom is 0.241 e. The molecule has 0 aliphatic rings. The van der Waals surface area contributed by atoms with Crippen molar-refractivity contribution in [2.24, 2.45) is 0 Å². The second kappa shape index (κ2) is 6.61. The van der Waals surface area contributed by atoms with Gasteiger partial charge in [0.05, 0.1) is 0 Å². The van der Waals surface area contributed by atoms with Crippen molar-refractivity contribution in [2.75, 3.05) is 35.7 Å². The van der Waals surface area contributed by atoms with Gasteiger partial charge in [0.1, 0.15) is 11.8 Å². The van der Waals surface area contributed by atoms with Crippen LogP contribution in [-0.2, 0) is 9.59 Å². The third kappa shape index (κ3) is 3.37. The third-order valence-electron chi connectivity index (χ3n) is 2.60. The van der Waals surface area contributed by atoms with Crippen LogP contribution in [0.25, 0.3) is 0 Å². The number of hydrogen-bond acceptors (Lipinski definition) is 2. The van der Waals surface area contributed by atoms with Crippen LogP contribution in [-0.4, -0.2) is 37.7 Å². The average molecular weight is 289 g/mol. The summed E-state index contributed by atoms with van der Waals surface area (Å²) in [4.78, 5) is 25.7. The number of carbonyl (C=O) groups is 2. The van der Waals surface area contributed by atoms with Crippen molar-refractivity contribution >= 4 is 46.4 Å². The Hall–Kier alpha value is -1.26. The molecule has 0 aliphatic carbocycles. The van der Waals surface area contributed by atoms with Crippen molar-refractivity contribution in [3.05, 3.63) is 24.3 Å². The van der Waals surface area contributed by atoms with Gasteiger partial charge in [-0.05, 0) is 24.3 Å². The number of amides is 2. The predicted octanol–water partition coefficient (Wildman–Crippen LogP) is 2.09. The summed E-state index contributed by atoms with van der Waals surface area (Å²) in [6.07, 6.45) is 0. The highest BCUT2D eigenvalue weighted by Crippen LogP contribution is 2.19. The van der Waals surface area contributed by atoms with E-state index in [1.165, 1.54) is 9.80 Å². The highest BCUT2D eigenvalue weighted by molar-refractivity contribution is 6.29. The second-order valence-corrected chi connectivity index (χ2v) is 4.22. The van der Waals surface area contributed by atoms with E-state index in [1.54, 1.807) is 38.4 Å². The molecule has 1 aromatic carbocycles. The van der Waals surface area contributed by atoms with Crippen molar-refractivity contribution in [2.45, 2.75) is 0 Å². The van der Waals surface area contributed by atoms with Gasteiger partial charge in [0.2, 0.25) is 11.8 Å². The number of alkyl halides is 2. The van der Waals surface area contributed by atoms with Crippen molar-refractivity contribution in [3.63, 3.8) is 0 Å². The first-order valence-electron chi connectivity index (χ1n) is 5.26. The molecule has 0 atom stereocenters. The van der Waals surface area contributed by atoms with Gasteiger partial charge >= 0.3 is 0 Å². The summed E-state index contributed by atoms with van der Waals surface area (Å²) in [5, 5.41) is 0. The zero-order valence-electron chi connectivity index (χ0n) is 10.2. The summed E-state index contributed by atoms with van der Waals surface area (Å²) >= 11 is 11.0. The summed E-state index contributed by atoms with van der Waals surface area (Å²) < 4.78 is 0. The van der Waals surface area contributed by atoms with Crippen molar-refractivity contribution in [3.8, 4) is 0 Å². The molecule has 6 heteroatoms. The van der Waals surface area contributed by atoms with Crippen LogP contribution in [0.2, 0.25) is 0 Å². The van der Waals surface area contributed by atoms with Gasteiger partial charge in [-0.2, -0.15) is 0 Å². The molecule has 4 nitrogen and oxygen atoms in total. The molecule has 0 saturated carbocycles. The van der Waals surface area contributed by atoms with Gasteiger partial charge in [-0.15, -0.1) is 23.2 Å². The van der Waals surface area contributed by atoms with E-state index in [1.807, 2.05) is 0 Å². The van der Waals surface area contributed by atoms with Crippen LogP contribution < -0.4 is 9.80 Å². The lowest BCUT2D eigenvalue weighted by Crippen LogP contribution is -2.28. The molecule has 1 aromatic rings. The number of hydrogen-bond donors (Lipinski definition) is 0. The topological polar surface area (TPSA) is 40.6 Å². The largest absolute Gasteiger partial charge is 0.314 e. The Balaban J connectivity index is 2.86. The summed E-state index contributed by atoms with van der Waals surface area (Å²) in [6.45, 7) is 0. The summed E-state index contributed by atoms with van der Waals surface area (Å²) in [7, 11) is 3.29. The van der Waals surface area contributed by atoms with Gasteiger partial charge in [0.15, 0.2) is 0 Å². The minimum atomic E-state index is -0.186. The zero-order chi connectivity index (χ0) is 13.7. The highest BCUT2D eigenvalue weighted by Gasteiger charge is 2.12. The number of halogens is 2. The molecular formula is C12H14Cl2N2O2. The first kappa shape index (κ1) is 14.8. The van der Waals surface area contributed by atoms with Gasteiger partial charge < -0.3 is 9.80 Å². The van der Waals surface area contributed by atoms with E-state index < -0.39 is 0 Å². The summed E-state index contributed by atoms with van der Waals surface area (Å²) in [5.41, 5.74) is 1.44. The van der Waals surface area contributed by atoms with E-state index in [0.717, 1.165) is 11.4 Å². The lowest BCUT2D eigenvalue weighted by atomic mass is 10.2. The molecule has 0 unspecified atom stereocenters. The lowest BCUT2D eigenvalue weighted by molar-refractivity contribution is -0.116. The fraction of sp³-hybridized carbons (Fsp3) is 0.333. The van der Waals surface area contributed by atoms with Crippen molar-refractivity contribution in [1.82, 2.24) is 0 Å². The van der Waals surface area contributed by atoms with Crippen LogP contribution in [0, 0.1) is 0 Å². The lowest BCUT2D eigenvalue weighted by Gasteiger charge is -2.19. The predicted molar refractivity (Wildman–Crippen MR) is 74.7 cm³/mol. The molecule has 2 amide bonds. The zero-order valence-corrected chi connectivity index (χ0v) is 11.7. The van der Waals surface area contributed by atoms with E-state index in [0.29, 0.717) is 0 Å². The number of carbonyl (C=O) groups excluding carboxylic acids is 2. The normalized spacial score (nSPS) is 10.0. The molecule has 18 heavy (non-hydrogen) atoms. The van der Waals surface area contributed by atoms with Gasteiger partial charge in [-0.1, -0.05) is 0 Å². The van der Waals surface area contributed by atoms with E-state index in [4.69, 9.17) is 23.2 Å². The Morgan fingerprint density at radius 3 is 1.39 bits per heavy atom. The molecule has 0 aliphatic heterocycles. The number of nitrogens with zero attached hydrogens (tertiary/aromatic N) is 2. The number of anilines is 2. The maximum absolute atomic E-state index is 11.4. The monoisotopic (exact) mass is 288 g/mol. The Bertz CT molecular complexity index is 393. The van der Waals surface area contributed by atoms with Gasteiger partial charge in [-0.3, -0.25) is 9.59 Å². The highest BCUT2D eigenvalue weighted by atomic mass is 35.5. The van der Waals surface area contributed by atoms with E-state index in [9.17, 15) is 9.59 Å². The SMILES string of the molecule is CN(C(=O)CCl)c1ccc(N(C)C(=O)CCl)cc1. The first-order chi connectivity index (χ1) is 8.51. The summed E-state index contributed by atoms with van der Waals surface area (Å²) in [5.74, 6) is -0.504. The first-order valence-corrected chi connectivity index (χ1v) is 6.33. The molecule has 0 spiro atoms. The van der Waals surface area contributed by atoms with Crippen LogP contribution in [0.4, 0.5) is 11.4 Å². The number of rotatable bonds is 4. The molecular weight excluding hydrogens is 275 g/mol. The minimum absolute atomic E-state index is 0.0666. The molecule has 0 heterocycles. The molecule has 0 N–H and O–H groups in total. The van der Waals surface area contributed by atoms with E-state index >= 15 is 0 Å². The van der Waals surface area contributed by atoms with E-state index in [2.05, 4.69) is 0 Å². The molecule has 98 valence electrons. The number of benzene rings is 1. The fourth-order valence-electron chi connectivity index (χ4n) is 1.37. The molecule has 0 fully saturated rings. The van der Waals surface area contributed by atoms with Crippen LogP contribution in [0.3, 0.4) is 0 Å². The smallest absolute Gasteiger partial charge is 0.241 e. The van der Waals surface area contributed by atoms with Crippen LogP contribution in [0.1, 0.15) is 0 Å². The van der Waals surface area contributed by atoms with E-state index in [-0.39, 0.29) is 23.6 Å². The minimum Gasteiger partial charge on any atom is -0.314 e. The van der Waals surface area contributed by atoms with Crippen molar-refractivity contribution < 1.29 is 9.59 Å². The quantitative estimate of drug-likeness (QED) is 0.796. The summed E-state index contributed by atoms with van der Waals surface area (Å²) in [6, 6.07) is 6.99. The van der Waals surface area contributed by atoms with Crippen LogP contribution in [0.15, 0.2) is 24.3 Å². The van der Waals surface area contributed by atoms with Crippen LogP contribution >= 0.6 is 23.2 Å². The van der Waals surface area contributed by atoms with Gasteiger partial charge in [-0.25, -0.2) is 0 Å². The molecule has 0 aromatic heterocycles. The second-order valence-electron chi connectivity index (χ2n) is 3.69. The Kier molecular flexibility index (Phi) is 5.44. The Morgan fingerprint density at radius 2 is 1.17 bits per heavy atom. The Labute approximate surface area is 116 Å². The maximum atomic E-state index is 11.4. The third-order valence-corrected chi connectivity index (χ3v) is 3.06. The standard InChI is InChI=1S/C12H14Cl2N2O2/c1-15(11(17)7-13)9-3-5-10(6-4-9)16(2)12(18)8-14/h3-6H,7-8H2,1-2H3. The Morgan fingerprint density at radius 1 is 0.889 bits per heavy atom. The fourth-order valence-corrected chi connectivity index (χ4v) is 1.73. The van der Waals surface area contributed by atoms with Crippen molar-refractivity contribution in [1.29, 1.82) is 0 Å². The van der Waals surface area contributed by atoms with Crippen LogP contribution in [0.5, 0.6) is 0 Å².